The van der Waals surface area contributed by atoms with E-state index in [0.717, 1.165) is 52.1 Å². The Morgan fingerprint density at radius 2 is 1.27 bits per heavy atom. The second-order valence-electron chi connectivity index (χ2n) is 17.2. The van der Waals surface area contributed by atoms with Crippen molar-refractivity contribution in [2.75, 3.05) is 61.5 Å². The van der Waals surface area contributed by atoms with Crippen LogP contribution in [-0.2, 0) is 28.7 Å². The molecular formula is C42H69N11O13S. The van der Waals surface area contributed by atoms with Crippen LogP contribution in [0, 0.1) is 11.8 Å². The van der Waals surface area contributed by atoms with E-state index in [0.29, 0.717) is 24.5 Å². The Balaban J connectivity index is 4.00. The number of nitrogens with zero attached hydrogens (tertiary/aromatic N) is 7. The van der Waals surface area contributed by atoms with Gasteiger partial charge in [-0.1, -0.05) is 39.5 Å². The highest BCUT2D eigenvalue weighted by molar-refractivity contribution is 7.98. The zero-order chi connectivity index (χ0) is 52.0. The minimum atomic E-state index is -1.88. The zero-order valence-electron chi connectivity index (χ0n) is 41.1. The van der Waals surface area contributed by atoms with Gasteiger partial charge in [-0.15, -0.1) is 11.8 Å². The maximum Gasteiger partial charge on any atom is 0.334 e. The molecule has 0 aliphatic carbocycles. The van der Waals surface area contributed by atoms with Crippen LogP contribution in [0.4, 0.5) is 28.8 Å². The molecule has 25 heteroatoms. The summed E-state index contributed by atoms with van der Waals surface area (Å²) in [5, 5.41) is 19.7. The van der Waals surface area contributed by atoms with Crippen LogP contribution in [0.2, 0.25) is 0 Å². The lowest BCUT2D eigenvalue weighted by Crippen LogP contribution is -2.61. The molecule has 6 atom stereocenters. The van der Waals surface area contributed by atoms with Crippen LogP contribution in [0.3, 0.4) is 0 Å². The Kier molecular flexibility index (Phi) is 22.6. The van der Waals surface area contributed by atoms with Gasteiger partial charge in [-0.05, 0) is 58.6 Å². The van der Waals surface area contributed by atoms with Crippen molar-refractivity contribution in [2.24, 2.45) is 11.8 Å². The van der Waals surface area contributed by atoms with Gasteiger partial charge in [0.05, 0.1) is 17.6 Å². The van der Waals surface area contributed by atoms with Crippen LogP contribution in [-0.4, -0.2) is 203 Å². The second kappa shape index (κ2) is 25.7. The molecule has 67 heavy (non-hydrogen) atoms. The van der Waals surface area contributed by atoms with Crippen LogP contribution < -0.4 is 21.3 Å². The zero-order valence-corrected chi connectivity index (χ0v) is 41.9. The van der Waals surface area contributed by atoms with Gasteiger partial charge in [0.2, 0.25) is 5.91 Å². The number of allylic oxidation sites excluding steroid dienone is 2. The molecule has 1 aliphatic heterocycles. The van der Waals surface area contributed by atoms with E-state index in [-0.39, 0.29) is 31.1 Å². The fourth-order valence-corrected chi connectivity index (χ4v) is 6.97. The summed E-state index contributed by atoms with van der Waals surface area (Å²) in [5.74, 6) is -6.07. The highest BCUT2D eigenvalue weighted by Crippen LogP contribution is 2.24. The third-order valence-electron chi connectivity index (χ3n) is 10.9. The molecule has 17 amide bonds. The summed E-state index contributed by atoms with van der Waals surface area (Å²) < 4.78 is 5.85. The van der Waals surface area contributed by atoms with E-state index in [1.165, 1.54) is 25.7 Å². The molecule has 376 valence electrons. The lowest BCUT2D eigenvalue weighted by atomic mass is 9.93. The fourth-order valence-electron chi connectivity index (χ4n) is 6.53. The molecule has 1 rings (SSSR count). The SMILES string of the molecule is C=C1C(=O)N(C)[C@@H](CC(C)(C)OCSC)C(=O)NC(=O)N(C)C(=O)NC(=O)N[C@@H](C)C(=O)N(C)[C@H](CC(C)C)C(=O)N(C)C(=O)N(C)C(=O)N(C)[C@@H]([C@H](O)[C@H](C)C/C=C/C)C(=O)NC(=O)N1C. The number of carbonyl (C=O) groups excluding carboxylic acids is 11. The summed E-state index contributed by atoms with van der Waals surface area (Å²) in [6.07, 6.45) is 3.39. The number of likely N-dealkylation sites (N-methyl/N-ethyl adjacent to an activating group) is 5. The van der Waals surface area contributed by atoms with E-state index in [2.05, 4.69) is 17.2 Å². The van der Waals surface area contributed by atoms with Gasteiger partial charge in [0.15, 0.2) is 0 Å². The van der Waals surface area contributed by atoms with Crippen molar-refractivity contribution in [3.8, 4) is 0 Å². The van der Waals surface area contributed by atoms with Gasteiger partial charge in [0, 0.05) is 55.8 Å². The number of thioether (sulfide) groups is 1. The largest absolute Gasteiger partial charge is 0.390 e. The maximum absolute atomic E-state index is 14.0. The van der Waals surface area contributed by atoms with E-state index in [4.69, 9.17) is 4.74 Å². The molecule has 0 aromatic heterocycles. The van der Waals surface area contributed by atoms with E-state index >= 15 is 0 Å². The van der Waals surface area contributed by atoms with E-state index < -0.39 is 113 Å². The lowest BCUT2D eigenvalue weighted by molar-refractivity contribution is -0.143. The molecule has 0 spiro atoms. The Morgan fingerprint density at radius 1 is 0.731 bits per heavy atom. The predicted octanol–water partition coefficient (Wildman–Crippen LogP) is 1.76. The van der Waals surface area contributed by atoms with Crippen molar-refractivity contribution in [3.05, 3.63) is 24.4 Å². The second-order valence-corrected chi connectivity index (χ2v) is 18.0. The monoisotopic (exact) mass is 967 g/mol. The quantitative estimate of drug-likeness (QED) is 0.112. The van der Waals surface area contributed by atoms with Crippen LogP contribution in [0.25, 0.3) is 0 Å². The van der Waals surface area contributed by atoms with E-state index in [1.807, 2.05) is 10.6 Å². The average molecular weight is 968 g/mol. The highest BCUT2D eigenvalue weighted by Gasteiger charge is 2.43. The number of aliphatic hydroxyl groups is 1. The van der Waals surface area contributed by atoms with Crippen LogP contribution in [0.15, 0.2) is 24.4 Å². The van der Waals surface area contributed by atoms with Crippen molar-refractivity contribution in [3.63, 3.8) is 0 Å². The number of ether oxygens (including phenoxy) is 1. The molecule has 0 bridgehead atoms. The highest BCUT2D eigenvalue weighted by atomic mass is 32.2. The number of hydrogen-bond acceptors (Lipinski definition) is 14. The Morgan fingerprint density at radius 3 is 1.81 bits per heavy atom. The number of urea groups is 6. The van der Waals surface area contributed by atoms with Gasteiger partial charge in [-0.25, -0.2) is 38.6 Å². The van der Waals surface area contributed by atoms with Crippen LogP contribution >= 0.6 is 11.8 Å². The first-order valence-corrected chi connectivity index (χ1v) is 22.5. The van der Waals surface area contributed by atoms with Gasteiger partial charge < -0.3 is 29.9 Å². The molecule has 5 N–H and O–H groups in total. The van der Waals surface area contributed by atoms with Crippen molar-refractivity contribution < 1.29 is 62.6 Å². The molecule has 1 fully saturated rings. The average Bonchev–Trinajstić information content (AvgIpc) is 3.27. The van der Waals surface area contributed by atoms with Crippen molar-refractivity contribution in [1.29, 1.82) is 0 Å². The van der Waals surface area contributed by atoms with Crippen molar-refractivity contribution in [1.82, 2.24) is 55.6 Å². The molecule has 24 nitrogen and oxygen atoms in total. The number of amides is 17. The maximum atomic E-state index is 14.0. The molecule has 0 aromatic rings. The minimum Gasteiger partial charge on any atom is -0.390 e. The third kappa shape index (κ3) is 16.0. The van der Waals surface area contributed by atoms with Gasteiger partial charge in [-0.2, -0.15) is 0 Å². The van der Waals surface area contributed by atoms with E-state index in [1.54, 1.807) is 60.0 Å². The van der Waals surface area contributed by atoms with Crippen LogP contribution in [0.5, 0.6) is 0 Å². The van der Waals surface area contributed by atoms with Gasteiger partial charge in [0.1, 0.15) is 29.9 Å². The predicted molar refractivity (Wildman–Crippen MR) is 246 cm³/mol. The van der Waals surface area contributed by atoms with Crippen LogP contribution in [0.1, 0.15) is 67.7 Å². The summed E-state index contributed by atoms with van der Waals surface area (Å²) in [6, 6.07) is -13.9. The molecule has 0 unspecified atom stereocenters. The Bertz CT molecular complexity index is 1950. The summed E-state index contributed by atoms with van der Waals surface area (Å²) >= 11 is 1.32. The normalized spacial score (nSPS) is 23.0. The minimum absolute atomic E-state index is 0.00963. The summed E-state index contributed by atoms with van der Waals surface area (Å²) in [4.78, 5) is 155. The lowest BCUT2D eigenvalue weighted by Gasteiger charge is -2.37. The summed E-state index contributed by atoms with van der Waals surface area (Å²) in [6.45, 7) is 14.9. The number of imide groups is 6. The number of rotatable bonds is 11. The molecule has 1 heterocycles. The Labute approximate surface area is 396 Å². The molecule has 1 aliphatic rings. The fraction of sp³-hybridized carbons (Fsp3) is 0.643. The topological polar surface area (TPSA) is 288 Å². The first-order chi connectivity index (χ1) is 30.9. The number of aliphatic hydroxyl groups excluding tert-OH is 1. The molecule has 0 saturated carbocycles. The number of hydrogen-bond donors (Lipinski definition) is 5. The molecule has 0 aromatic carbocycles. The molecule has 0 radical (unpaired) electrons. The van der Waals surface area contributed by atoms with Gasteiger partial charge in [-0.3, -0.25) is 49.7 Å². The smallest absolute Gasteiger partial charge is 0.334 e. The Hall–Kier alpha value is -6.08. The summed E-state index contributed by atoms with van der Waals surface area (Å²) in [7, 11) is 7.53. The first-order valence-electron chi connectivity index (χ1n) is 21.1. The van der Waals surface area contributed by atoms with Crippen molar-refractivity contribution in [2.45, 2.75) is 104 Å². The third-order valence-corrected chi connectivity index (χ3v) is 11.3. The summed E-state index contributed by atoms with van der Waals surface area (Å²) in [5.41, 5.74) is -1.74. The van der Waals surface area contributed by atoms with Crippen molar-refractivity contribution >= 4 is 77.5 Å². The first kappa shape index (κ1) is 58.9. The van der Waals surface area contributed by atoms with E-state index in [9.17, 15) is 57.8 Å². The van der Waals surface area contributed by atoms with Gasteiger partial charge >= 0.3 is 36.2 Å². The molecular weight excluding hydrogens is 899 g/mol. The molecule has 1 saturated heterocycles. The standard InChI is InChI=1S/C42H69N11O13S/c1-17-18-19-24(4)30(54)29-32(56)45-37(61)47(9)26(6)34(58)49(11)28(21-42(7,8)66-22-67-16)31(55)44-38(62)52(14)39(63)46-36(60)43-25(5)33(57)48(10)27(20-23(2)3)35(59)51(13)41(65)53(15)40(64)50(29)12/h17-18,23-25,27-30,54H,6,19-22H2,1-5,7-16H3,(H,44,55,62)(H,45,56,61)(H2,43,46,60,63)/b18-17+/t24-,25+,27-,28+,29+,30-/m1/s1. The number of carbonyl (C=O) groups is 11. The van der Waals surface area contributed by atoms with Gasteiger partial charge in [0.25, 0.3) is 23.6 Å². The number of nitrogens with one attached hydrogen (secondary N) is 4.